The van der Waals surface area contributed by atoms with Crippen molar-refractivity contribution >= 4 is 21.8 Å². The zero-order valence-electron chi connectivity index (χ0n) is 10.9. The van der Waals surface area contributed by atoms with Crippen LogP contribution < -0.4 is 0 Å². The molecule has 1 atom stereocenters. The second-order valence-corrected chi connectivity index (χ2v) is 5.75. The van der Waals surface area contributed by atoms with Crippen LogP contribution in [0.3, 0.4) is 0 Å². The Balaban J connectivity index is 2.01. The Bertz CT molecular complexity index is 461. The fourth-order valence-corrected chi connectivity index (χ4v) is 2.81. The number of hydrogen-bond acceptors (Lipinski definition) is 2. The molecule has 2 rings (SSSR count). The number of halogens is 2. The molecule has 0 bridgehead atoms. The van der Waals surface area contributed by atoms with Gasteiger partial charge < -0.3 is 9.64 Å². The summed E-state index contributed by atoms with van der Waals surface area (Å²) < 4.78 is 18.9. The number of carbonyl (C=O) groups is 1. The molecule has 1 heterocycles. The van der Waals surface area contributed by atoms with Crippen LogP contribution in [0.25, 0.3) is 0 Å². The average Bonchev–Trinajstić information content (AvgIpc) is 2.39. The first-order valence-electron chi connectivity index (χ1n) is 6.36. The first-order valence-corrected chi connectivity index (χ1v) is 7.15. The summed E-state index contributed by atoms with van der Waals surface area (Å²) in [5.74, 6) is -0.0638. The van der Waals surface area contributed by atoms with Gasteiger partial charge in [-0.2, -0.15) is 0 Å². The Morgan fingerprint density at radius 1 is 1.58 bits per heavy atom. The quantitative estimate of drug-likeness (QED) is 0.852. The van der Waals surface area contributed by atoms with Crippen molar-refractivity contribution in [3.8, 4) is 0 Å². The molecule has 0 aliphatic carbocycles. The molecular weight excluding hydrogens is 313 g/mol. The number of amides is 1. The molecule has 0 aromatic heterocycles. The lowest BCUT2D eigenvalue weighted by molar-refractivity contribution is 0.0388. The third-order valence-corrected chi connectivity index (χ3v) is 3.95. The van der Waals surface area contributed by atoms with Gasteiger partial charge in [0.05, 0.1) is 12.2 Å². The van der Waals surface area contributed by atoms with Crippen LogP contribution in [-0.4, -0.2) is 37.6 Å². The number of benzene rings is 1. The first kappa shape index (κ1) is 14.5. The Morgan fingerprint density at radius 2 is 2.37 bits per heavy atom. The smallest absolute Gasteiger partial charge is 0.254 e. The highest BCUT2D eigenvalue weighted by Crippen LogP contribution is 2.21. The highest BCUT2D eigenvalue weighted by atomic mass is 79.9. The molecule has 1 aromatic rings. The second kappa shape index (κ2) is 6.48. The van der Waals surface area contributed by atoms with Crippen molar-refractivity contribution in [3.05, 3.63) is 34.1 Å². The van der Waals surface area contributed by atoms with Crippen molar-refractivity contribution in [1.82, 2.24) is 4.90 Å². The zero-order chi connectivity index (χ0) is 13.8. The van der Waals surface area contributed by atoms with E-state index >= 15 is 0 Å². The van der Waals surface area contributed by atoms with Crippen LogP contribution in [0, 0.1) is 11.7 Å². The number of nitrogens with zero attached hydrogens (tertiary/aromatic N) is 1. The minimum atomic E-state index is -0.355. The van der Waals surface area contributed by atoms with Crippen LogP contribution in [0.4, 0.5) is 4.39 Å². The van der Waals surface area contributed by atoms with E-state index in [9.17, 15) is 9.18 Å². The van der Waals surface area contributed by atoms with E-state index in [-0.39, 0.29) is 11.7 Å². The summed E-state index contributed by atoms with van der Waals surface area (Å²) in [6.07, 6.45) is 2.13. The van der Waals surface area contributed by atoms with Gasteiger partial charge in [-0.1, -0.05) is 0 Å². The Morgan fingerprint density at radius 3 is 3.00 bits per heavy atom. The highest BCUT2D eigenvalue weighted by Gasteiger charge is 2.21. The Hall–Kier alpha value is -0.940. The maximum absolute atomic E-state index is 13.0. The van der Waals surface area contributed by atoms with Crippen molar-refractivity contribution in [1.29, 1.82) is 0 Å². The molecule has 1 fully saturated rings. The maximum Gasteiger partial charge on any atom is 0.254 e. The van der Waals surface area contributed by atoms with Crippen molar-refractivity contribution in [2.45, 2.75) is 12.8 Å². The van der Waals surface area contributed by atoms with Gasteiger partial charge >= 0.3 is 0 Å². The standard InChI is InChI=1S/C14H17BrFNO2/c1-17(8-10-3-2-6-19-9-10)14(18)12-5-4-11(16)7-13(12)15/h4-5,7,10H,2-3,6,8-9H2,1H3. The summed E-state index contributed by atoms with van der Waals surface area (Å²) >= 11 is 3.23. The fraction of sp³-hybridized carbons (Fsp3) is 0.500. The molecule has 0 spiro atoms. The van der Waals surface area contributed by atoms with Gasteiger partial charge in [0.25, 0.3) is 5.91 Å². The van der Waals surface area contributed by atoms with E-state index in [4.69, 9.17) is 4.74 Å². The van der Waals surface area contributed by atoms with E-state index < -0.39 is 0 Å². The molecule has 104 valence electrons. The lowest BCUT2D eigenvalue weighted by Gasteiger charge is -2.27. The van der Waals surface area contributed by atoms with E-state index in [0.717, 1.165) is 19.4 Å². The van der Waals surface area contributed by atoms with Crippen molar-refractivity contribution in [2.24, 2.45) is 5.92 Å². The van der Waals surface area contributed by atoms with Crippen LogP contribution in [0.1, 0.15) is 23.2 Å². The van der Waals surface area contributed by atoms with Gasteiger partial charge in [-0.25, -0.2) is 4.39 Å². The number of rotatable bonds is 3. The molecule has 1 aliphatic rings. The van der Waals surface area contributed by atoms with Gasteiger partial charge in [-0.15, -0.1) is 0 Å². The minimum absolute atomic E-state index is 0.0996. The maximum atomic E-state index is 13.0. The first-order chi connectivity index (χ1) is 9.08. The van der Waals surface area contributed by atoms with Crippen LogP contribution in [0.15, 0.2) is 22.7 Å². The summed E-state index contributed by atoms with van der Waals surface area (Å²) in [5, 5.41) is 0. The summed E-state index contributed by atoms with van der Waals surface area (Å²) in [7, 11) is 1.77. The van der Waals surface area contributed by atoms with Crippen molar-refractivity contribution < 1.29 is 13.9 Å². The normalized spacial score (nSPS) is 19.2. The molecule has 1 unspecified atom stereocenters. The third kappa shape index (κ3) is 3.76. The molecule has 0 N–H and O–H groups in total. The van der Waals surface area contributed by atoms with E-state index in [1.54, 1.807) is 11.9 Å². The van der Waals surface area contributed by atoms with Gasteiger partial charge in [0.2, 0.25) is 0 Å². The molecule has 0 saturated carbocycles. The van der Waals surface area contributed by atoms with Gasteiger partial charge in [-0.3, -0.25) is 4.79 Å². The molecule has 0 radical (unpaired) electrons. The predicted octanol–water partition coefficient (Wildman–Crippen LogP) is 3.09. The summed E-state index contributed by atoms with van der Waals surface area (Å²) in [6.45, 7) is 2.20. The van der Waals surface area contributed by atoms with E-state index in [1.807, 2.05) is 0 Å². The molecule has 5 heteroatoms. The number of ether oxygens (including phenoxy) is 1. The van der Waals surface area contributed by atoms with Gasteiger partial charge in [0.1, 0.15) is 5.82 Å². The minimum Gasteiger partial charge on any atom is -0.381 e. The zero-order valence-corrected chi connectivity index (χ0v) is 12.5. The molecule has 1 aliphatic heterocycles. The van der Waals surface area contributed by atoms with Crippen LogP contribution in [-0.2, 0) is 4.74 Å². The van der Waals surface area contributed by atoms with Gasteiger partial charge in [-0.05, 0) is 52.9 Å². The monoisotopic (exact) mass is 329 g/mol. The van der Waals surface area contributed by atoms with Gasteiger partial charge in [0.15, 0.2) is 0 Å². The predicted molar refractivity (Wildman–Crippen MR) is 74.6 cm³/mol. The van der Waals surface area contributed by atoms with Gasteiger partial charge in [0, 0.05) is 24.7 Å². The largest absolute Gasteiger partial charge is 0.381 e. The average molecular weight is 330 g/mol. The number of hydrogen-bond donors (Lipinski definition) is 0. The molecule has 19 heavy (non-hydrogen) atoms. The molecular formula is C14H17BrFNO2. The topological polar surface area (TPSA) is 29.5 Å². The lowest BCUT2D eigenvalue weighted by atomic mass is 10.0. The second-order valence-electron chi connectivity index (χ2n) is 4.89. The molecule has 3 nitrogen and oxygen atoms in total. The summed E-state index contributed by atoms with van der Waals surface area (Å²) in [4.78, 5) is 14.0. The Labute approximate surface area is 120 Å². The van der Waals surface area contributed by atoms with Crippen LogP contribution in [0.2, 0.25) is 0 Å². The molecule has 1 amide bonds. The van der Waals surface area contributed by atoms with Crippen LogP contribution in [0.5, 0.6) is 0 Å². The van der Waals surface area contributed by atoms with E-state index in [2.05, 4.69) is 15.9 Å². The molecule has 1 aromatic carbocycles. The van der Waals surface area contributed by atoms with E-state index in [1.165, 1.54) is 18.2 Å². The lowest BCUT2D eigenvalue weighted by Crippen LogP contribution is -2.35. The van der Waals surface area contributed by atoms with E-state index in [0.29, 0.717) is 29.1 Å². The Kier molecular flexibility index (Phi) is 4.93. The number of carbonyl (C=O) groups excluding carboxylic acids is 1. The SMILES string of the molecule is CN(CC1CCCOC1)C(=O)c1ccc(F)cc1Br. The summed E-state index contributed by atoms with van der Waals surface area (Å²) in [5.41, 5.74) is 0.487. The van der Waals surface area contributed by atoms with Crippen molar-refractivity contribution in [2.75, 3.05) is 26.8 Å². The fourth-order valence-electron chi connectivity index (χ4n) is 2.29. The molecule has 1 saturated heterocycles. The van der Waals surface area contributed by atoms with Crippen LogP contribution >= 0.6 is 15.9 Å². The van der Waals surface area contributed by atoms with Crippen molar-refractivity contribution in [3.63, 3.8) is 0 Å². The third-order valence-electron chi connectivity index (χ3n) is 3.29. The highest BCUT2D eigenvalue weighted by molar-refractivity contribution is 9.10. The summed E-state index contributed by atoms with van der Waals surface area (Å²) in [6, 6.07) is 4.12.